The van der Waals surface area contributed by atoms with Gasteiger partial charge >= 0.3 is 11.9 Å². The van der Waals surface area contributed by atoms with Crippen LogP contribution in [0.3, 0.4) is 0 Å². The van der Waals surface area contributed by atoms with Gasteiger partial charge in [-0.3, -0.25) is 10.1 Å². The quantitative estimate of drug-likeness (QED) is 0.340. The number of anilines is 1. The van der Waals surface area contributed by atoms with Gasteiger partial charge in [0.1, 0.15) is 5.70 Å². The first kappa shape index (κ1) is 19.7. The van der Waals surface area contributed by atoms with Crippen LogP contribution in [0.15, 0.2) is 41.8 Å². The van der Waals surface area contributed by atoms with Gasteiger partial charge < -0.3 is 14.4 Å². The van der Waals surface area contributed by atoms with E-state index in [1.165, 1.54) is 12.2 Å². The molecule has 0 saturated heterocycles. The van der Waals surface area contributed by atoms with Crippen molar-refractivity contribution in [2.45, 2.75) is 0 Å². The highest BCUT2D eigenvalue weighted by Crippen LogP contribution is 2.38. The van der Waals surface area contributed by atoms with Gasteiger partial charge in [0.2, 0.25) is 0 Å². The van der Waals surface area contributed by atoms with Crippen molar-refractivity contribution in [1.29, 1.82) is 0 Å². The van der Waals surface area contributed by atoms with Gasteiger partial charge in [0.25, 0.3) is 5.69 Å². The van der Waals surface area contributed by atoms with Gasteiger partial charge in [-0.15, -0.1) is 0 Å². The SMILES string of the molecule is COC(=O)C1=C(C(=O)OC)N(c2c([N+](=O)[O-])cc(F)c(F)c2F)C=CC=C1. The summed E-state index contributed by atoms with van der Waals surface area (Å²) in [6, 6.07) is 0.159. The van der Waals surface area contributed by atoms with E-state index in [-0.39, 0.29) is 6.07 Å². The summed E-state index contributed by atoms with van der Waals surface area (Å²) < 4.78 is 50.7. The zero-order valence-electron chi connectivity index (χ0n) is 13.9. The van der Waals surface area contributed by atoms with Gasteiger partial charge in [0.05, 0.1) is 30.8 Å². The number of hydrogen-bond acceptors (Lipinski definition) is 7. The molecule has 0 bridgehead atoms. The Hall–Kier alpha value is -3.63. The van der Waals surface area contributed by atoms with Crippen molar-refractivity contribution in [3.63, 3.8) is 0 Å². The summed E-state index contributed by atoms with van der Waals surface area (Å²) in [5.41, 5.74) is -3.42. The third-order valence-corrected chi connectivity index (χ3v) is 3.44. The molecule has 1 aliphatic heterocycles. The van der Waals surface area contributed by atoms with E-state index in [9.17, 15) is 32.9 Å². The van der Waals surface area contributed by atoms with Crippen LogP contribution in [0, 0.1) is 27.6 Å². The third-order valence-electron chi connectivity index (χ3n) is 3.44. The number of rotatable bonds is 4. The van der Waals surface area contributed by atoms with E-state index in [1.807, 2.05) is 0 Å². The molecule has 0 spiro atoms. The van der Waals surface area contributed by atoms with Crippen molar-refractivity contribution in [2.75, 3.05) is 19.1 Å². The number of benzene rings is 1. The lowest BCUT2D eigenvalue weighted by Gasteiger charge is -2.23. The Morgan fingerprint density at radius 3 is 2.26 bits per heavy atom. The predicted molar refractivity (Wildman–Crippen MR) is 84.8 cm³/mol. The molecule has 0 atom stereocenters. The average molecular weight is 384 g/mol. The number of allylic oxidation sites excluding steroid dienone is 2. The van der Waals surface area contributed by atoms with E-state index < -0.39 is 57.0 Å². The monoisotopic (exact) mass is 384 g/mol. The van der Waals surface area contributed by atoms with Gasteiger partial charge in [-0.2, -0.15) is 0 Å². The highest BCUT2D eigenvalue weighted by atomic mass is 19.2. The van der Waals surface area contributed by atoms with Crippen LogP contribution < -0.4 is 4.90 Å². The third kappa shape index (κ3) is 3.52. The van der Waals surface area contributed by atoms with E-state index >= 15 is 0 Å². The van der Waals surface area contributed by atoms with Crippen LogP contribution in [0.2, 0.25) is 0 Å². The fraction of sp³-hybridized carbons (Fsp3) is 0.125. The largest absolute Gasteiger partial charge is 0.465 e. The smallest absolute Gasteiger partial charge is 0.355 e. The van der Waals surface area contributed by atoms with Crippen LogP contribution in [-0.2, 0) is 19.1 Å². The average Bonchev–Trinajstić information content (AvgIpc) is 2.87. The van der Waals surface area contributed by atoms with Gasteiger partial charge in [0.15, 0.2) is 23.1 Å². The molecule has 1 heterocycles. The van der Waals surface area contributed by atoms with Crippen LogP contribution in [0.1, 0.15) is 0 Å². The van der Waals surface area contributed by atoms with Crippen molar-refractivity contribution in [3.05, 3.63) is 69.3 Å². The number of methoxy groups -OCH3 is 2. The molecule has 0 aliphatic carbocycles. The molecule has 0 aromatic heterocycles. The molecule has 0 unspecified atom stereocenters. The molecule has 27 heavy (non-hydrogen) atoms. The summed E-state index contributed by atoms with van der Waals surface area (Å²) in [5, 5.41) is 11.2. The molecule has 1 aromatic carbocycles. The maximum atomic E-state index is 14.4. The maximum absolute atomic E-state index is 14.4. The fourth-order valence-electron chi connectivity index (χ4n) is 2.28. The fourth-order valence-corrected chi connectivity index (χ4v) is 2.28. The first-order valence-electron chi connectivity index (χ1n) is 7.11. The van der Waals surface area contributed by atoms with E-state index in [2.05, 4.69) is 9.47 Å². The van der Waals surface area contributed by atoms with Gasteiger partial charge in [-0.05, 0) is 12.2 Å². The van der Waals surface area contributed by atoms with Crippen molar-refractivity contribution in [1.82, 2.24) is 0 Å². The Labute approximate surface area is 149 Å². The summed E-state index contributed by atoms with van der Waals surface area (Å²) in [5.74, 6) is -7.98. The van der Waals surface area contributed by atoms with Gasteiger partial charge in [-0.25, -0.2) is 22.8 Å². The minimum Gasteiger partial charge on any atom is -0.465 e. The minimum absolute atomic E-state index is 0.159. The number of nitrogens with zero attached hydrogens (tertiary/aromatic N) is 2. The molecule has 0 amide bonds. The van der Waals surface area contributed by atoms with E-state index in [4.69, 9.17) is 0 Å². The second kappa shape index (κ2) is 7.72. The Balaban J connectivity index is 2.91. The molecule has 0 saturated carbocycles. The van der Waals surface area contributed by atoms with Gasteiger partial charge in [0, 0.05) is 6.20 Å². The maximum Gasteiger partial charge on any atom is 0.355 e. The zero-order valence-corrected chi connectivity index (χ0v) is 13.9. The van der Waals surface area contributed by atoms with Crippen molar-refractivity contribution >= 4 is 23.3 Å². The Bertz CT molecular complexity index is 923. The molecular formula is C16H11F3N2O6. The molecule has 1 aromatic rings. The molecule has 11 heteroatoms. The van der Waals surface area contributed by atoms with Gasteiger partial charge in [-0.1, -0.05) is 6.08 Å². The summed E-state index contributed by atoms with van der Waals surface area (Å²) in [6.45, 7) is 0. The summed E-state index contributed by atoms with van der Waals surface area (Å²) in [4.78, 5) is 34.8. The van der Waals surface area contributed by atoms with Crippen LogP contribution in [0.5, 0.6) is 0 Å². The summed E-state index contributed by atoms with van der Waals surface area (Å²) in [6.07, 6.45) is 4.49. The number of nitro benzene ring substituents is 1. The van der Waals surface area contributed by atoms with Crippen LogP contribution in [0.25, 0.3) is 0 Å². The number of carbonyl (C=O) groups excluding carboxylic acids is 2. The number of halogens is 3. The van der Waals surface area contributed by atoms with E-state index in [1.54, 1.807) is 0 Å². The predicted octanol–water partition coefficient (Wildman–Crippen LogP) is 2.50. The molecule has 0 radical (unpaired) electrons. The highest BCUT2D eigenvalue weighted by molar-refractivity contribution is 6.05. The lowest BCUT2D eigenvalue weighted by molar-refractivity contribution is -0.384. The Morgan fingerprint density at radius 1 is 1.07 bits per heavy atom. The molecule has 2 rings (SSSR count). The topological polar surface area (TPSA) is 99.0 Å². The van der Waals surface area contributed by atoms with Crippen LogP contribution in [-0.4, -0.2) is 31.1 Å². The number of nitro groups is 1. The van der Waals surface area contributed by atoms with Crippen molar-refractivity contribution in [3.8, 4) is 0 Å². The molecule has 0 N–H and O–H groups in total. The molecule has 8 nitrogen and oxygen atoms in total. The summed E-state index contributed by atoms with van der Waals surface area (Å²) >= 11 is 0. The van der Waals surface area contributed by atoms with Crippen molar-refractivity contribution in [2.24, 2.45) is 0 Å². The molecule has 0 fully saturated rings. The van der Waals surface area contributed by atoms with E-state index in [0.717, 1.165) is 26.5 Å². The lowest BCUT2D eigenvalue weighted by atomic mass is 10.1. The van der Waals surface area contributed by atoms with Crippen molar-refractivity contribution < 1.29 is 37.2 Å². The number of esters is 2. The molecule has 1 aliphatic rings. The second-order valence-corrected chi connectivity index (χ2v) is 4.93. The first-order chi connectivity index (χ1) is 12.7. The number of hydrogen-bond donors (Lipinski definition) is 0. The lowest BCUT2D eigenvalue weighted by Crippen LogP contribution is -2.28. The highest BCUT2D eigenvalue weighted by Gasteiger charge is 2.35. The molecular weight excluding hydrogens is 373 g/mol. The standard InChI is InChI=1S/C16H11F3N2O6/c1-26-15(22)8-5-3-4-6-20(13(8)16(23)27-2)14-10(21(24)25)7-9(17)11(18)12(14)19/h3-7H,1-2H3. The minimum atomic E-state index is -2.00. The number of ether oxygens (including phenoxy) is 2. The normalized spacial score (nSPS) is 13.4. The first-order valence-corrected chi connectivity index (χ1v) is 7.11. The zero-order chi connectivity index (χ0) is 20.3. The van der Waals surface area contributed by atoms with Crippen LogP contribution in [0.4, 0.5) is 24.5 Å². The molecule has 142 valence electrons. The summed E-state index contributed by atoms with van der Waals surface area (Å²) in [7, 11) is 1.94. The Kier molecular flexibility index (Phi) is 5.63. The Morgan fingerprint density at radius 2 is 1.70 bits per heavy atom. The van der Waals surface area contributed by atoms with E-state index in [0.29, 0.717) is 4.90 Å². The second-order valence-electron chi connectivity index (χ2n) is 4.93. The van der Waals surface area contributed by atoms with Crippen LogP contribution >= 0.6 is 0 Å². The number of carbonyl (C=O) groups is 2.